The minimum atomic E-state index is -0.552. The average Bonchev–Trinajstić information content (AvgIpc) is 2.84. The first-order valence-corrected chi connectivity index (χ1v) is 12.0. The van der Waals surface area contributed by atoms with Gasteiger partial charge in [-0.25, -0.2) is 10.2 Å². The van der Waals surface area contributed by atoms with Crippen molar-refractivity contribution >= 4 is 55.9 Å². The van der Waals surface area contributed by atoms with E-state index in [0.717, 1.165) is 8.95 Å². The van der Waals surface area contributed by atoms with Gasteiger partial charge >= 0.3 is 5.97 Å². The Morgan fingerprint density at radius 3 is 2.40 bits per heavy atom. The van der Waals surface area contributed by atoms with Crippen LogP contribution in [0.15, 0.2) is 80.8 Å². The van der Waals surface area contributed by atoms with Crippen LogP contribution >= 0.6 is 31.9 Å². The van der Waals surface area contributed by atoms with Gasteiger partial charge in [0.1, 0.15) is 11.5 Å². The average molecular weight is 603 g/mol. The van der Waals surface area contributed by atoms with Crippen molar-refractivity contribution in [3.63, 3.8) is 0 Å². The molecule has 0 aliphatic heterocycles. The Balaban J connectivity index is 1.59. The number of ether oxygens (including phenoxy) is 2. The lowest BCUT2D eigenvalue weighted by atomic mass is 10.2. The predicted molar refractivity (Wildman–Crippen MR) is 139 cm³/mol. The van der Waals surface area contributed by atoms with Crippen LogP contribution in [0.5, 0.6) is 11.5 Å². The van der Waals surface area contributed by atoms with Crippen LogP contribution in [0.4, 0.5) is 0 Å². The second-order valence-corrected chi connectivity index (χ2v) is 8.85. The molecule has 35 heavy (non-hydrogen) atoms. The number of nitrogens with one attached hydrogen (secondary N) is 2. The Hall–Kier alpha value is -3.50. The fourth-order valence-electron chi connectivity index (χ4n) is 2.83. The van der Waals surface area contributed by atoms with E-state index in [9.17, 15) is 14.4 Å². The zero-order chi connectivity index (χ0) is 25.2. The zero-order valence-electron chi connectivity index (χ0n) is 18.6. The minimum absolute atomic E-state index is 0.257. The number of carbonyl (C=O) groups excluding carboxylic acids is 3. The van der Waals surface area contributed by atoms with Gasteiger partial charge in [-0.3, -0.25) is 9.59 Å². The lowest BCUT2D eigenvalue weighted by Crippen LogP contribution is -2.34. The maximum atomic E-state index is 12.6. The second-order valence-electron chi connectivity index (χ2n) is 7.02. The largest absolute Gasteiger partial charge is 0.494 e. The predicted octanol–water partition coefficient (Wildman–Crippen LogP) is 4.71. The number of rotatable bonds is 9. The molecule has 2 amide bonds. The summed E-state index contributed by atoms with van der Waals surface area (Å²) in [5, 5.41) is 6.43. The summed E-state index contributed by atoms with van der Waals surface area (Å²) in [4.78, 5) is 36.8. The Kier molecular flexibility index (Phi) is 9.56. The molecule has 3 aromatic carbocycles. The van der Waals surface area contributed by atoms with E-state index in [2.05, 4.69) is 47.7 Å². The molecule has 0 unspecified atom stereocenters. The van der Waals surface area contributed by atoms with Crippen LogP contribution in [0, 0.1) is 0 Å². The third kappa shape index (κ3) is 8.04. The molecular formula is C25H21Br2N3O5. The van der Waals surface area contributed by atoms with Crippen LogP contribution in [-0.4, -0.2) is 37.1 Å². The maximum absolute atomic E-state index is 12.6. The zero-order valence-corrected chi connectivity index (χ0v) is 21.8. The number of halogens is 2. The van der Waals surface area contributed by atoms with Gasteiger partial charge in [0.15, 0.2) is 0 Å². The summed E-state index contributed by atoms with van der Waals surface area (Å²) in [7, 11) is 0. The highest BCUT2D eigenvalue weighted by Crippen LogP contribution is 2.23. The third-order valence-electron chi connectivity index (χ3n) is 4.46. The molecule has 2 N–H and O–H groups in total. The highest BCUT2D eigenvalue weighted by molar-refractivity contribution is 9.10. The van der Waals surface area contributed by atoms with Gasteiger partial charge in [0.05, 0.1) is 24.9 Å². The lowest BCUT2D eigenvalue weighted by molar-refractivity contribution is -0.120. The Morgan fingerprint density at radius 1 is 0.943 bits per heavy atom. The van der Waals surface area contributed by atoms with Crippen molar-refractivity contribution in [2.45, 2.75) is 6.92 Å². The minimum Gasteiger partial charge on any atom is -0.494 e. The van der Waals surface area contributed by atoms with Gasteiger partial charge in [0.2, 0.25) is 0 Å². The van der Waals surface area contributed by atoms with Gasteiger partial charge in [-0.15, -0.1) is 0 Å². The highest BCUT2D eigenvalue weighted by atomic mass is 79.9. The van der Waals surface area contributed by atoms with E-state index < -0.39 is 11.9 Å². The van der Waals surface area contributed by atoms with Gasteiger partial charge < -0.3 is 14.8 Å². The molecule has 0 saturated carbocycles. The van der Waals surface area contributed by atoms with Gasteiger partial charge in [-0.2, -0.15) is 5.10 Å². The standard InChI is InChI=1S/C25H21Br2N3O5/c1-2-34-21-9-6-16(7-10-21)25(33)35-22-11-8-20(27)13-18(22)14-29-30-23(31)15-28-24(32)17-4-3-5-19(26)12-17/h3-14H,2,15H2,1H3,(H,28,32)(H,30,31)/b29-14+. The first-order valence-electron chi connectivity index (χ1n) is 10.5. The molecule has 0 aliphatic carbocycles. The molecule has 0 aliphatic rings. The molecule has 10 heteroatoms. The number of hydrogen-bond donors (Lipinski definition) is 2. The quantitative estimate of drug-likeness (QED) is 0.160. The van der Waals surface area contributed by atoms with Crippen molar-refractivity contribution in [1.82, 2.24) is 10.7 Å². The molecule has 0 spiro atoms. The van der Waals surface area contributed by atoms with Crippen molar-refractivity contribution in [3.05, 3.63) is 92.4 Å². The molecule has 8 nitrogen and oxygen atoms in total. The maximum Gasteiger partial charge on any atom is 0.343 e. The van der Waals surface area contributed by atoms with Crippen LogP contribution in [0.2, 0.25) is 0 Å². The van der Waals surface area contributed by atoms with E-state index in [1.54, 1.807) is 66.7 Å². The fraction of sp³-hybridized carbons (Fsp3) is 0.120. The van der Waals surface area contributed by atoms with Crippen LogP contribution in [0.1, 0.15) is 33.2 Å². The summed E-state index contributed by atoms with van der Waals surface area (Å²) >= 11 is 6.66. The molecule has 0 radical (unpaired) electrons. The van der Waals surface area contributed by atoms with E-state index >= 15 is 0 Å². The van der Waals surface area contributed by atoms with Crippen LogP contribution in [-0.2, 0) is 4.79 Å². The van der Waals surface area contributed by atoms with E-state index in [-0.39, 0.29) is 18.2 Å². The first-order chi connectivity index (χ1) is 16.9. The number of amides is 2. The van der Waals surface area contributed by atoms with Crippen LogP contribution in [0.3, 0.4) is 0 Å². The van der Waals surface area contributed by atoms with Gasteiger partial charge in [-0.1, -0.05) is 37.9 Å². The lowest BCUT2D eigenvalue weighted by Gasteiger charge is -2.09. The van der Waals surface area contributed by atoms with Crippen molar-refractivity contribution in [2.24, 2.45) is 5.10 Å². The van der Waals surface area contributed by atoms with Crippen LogP contribution in [0.25, 0.3) is 0 Å². The Morgan fingerprint density at radius 2 is 1.69 bits per heavy atom. The number of nitrogens with zero attached hydrogens (tertiary/aromatic N) is 1. The second kappa shape index (κ2) is 12.8. The normalized spacial score (nSPS) is 10.6. The van der Waals surface area contributed by atoms with E-state index in [4.69, 9.17) is 9.47 Å². The molecule has 0 saturated heterocycles. The van der Waals surface area contributed by atoms with Gasteiger partial charge in [0.25, 0.3) is 11.8 Å². The van der Waals surface area contributed by atoms with E-state index in [1.165, 1.54) is 6.21 Å². The fourth-order valence-corrected chi connectivity index (χ4v) is 3.61. The third-order valence-corrected chi connectivity index (χ3v) is 5.45. The SMILES string of the molecule is CCOc1ccc(C(=O)Oc2ccc(Br)cc2/C=N/NC(=O)CNC(=O)c2cccc(Br)c2)cc1. The smallest absolute Gasteiger partial charge is 0.343 e. The number of benzene rings is 3. The van der Waals surface area contributed by atoms with E-state index in [0.29, 0.717) is 29.0 Å². The van der Waals surface area contributed by atoms with Crippen molar-refractivity contribution < 1.29 is 23.9 Å². The summed E-state index contributed by atoms with van der Waals surface area (Å²) in [6.45, 7) is 2.14. The molecule has 3 rings (SSSR count). The molecule has 180 valence electrons. The molecular weight excluding hydrogens is 582 g/mol. The number of hydrogen-bond acceptors (Lipinski definition) is 6. The summed E-state index contributed by atoms with van der Waals surface area (Å²) in [6.07, 6.45) is 1.35. The number of hydrazone groups is 1. The molecule has 0 heterocycles. The van der Waals surface area contributed by atoms with Crippen molar-refractivity contribution in [1.29, 1.82) is 0 Å². The number of esters is 1. The first kappa shape index (κ1) is 26.1. The summed E-state index contributed by atoms with van der Waals surface area (Å²) in [5.41, 5.74) is 3.57. The topological polar surface area (TPSA) is 106 Å². The van der Waals surface area contributed by atoms with E-state index in [1.807, 2.05) is 6.92 Å². The van der Waals surface area contributed by atoms with Gasteiger partial charge in [0, 0.05) is 20.1 Å². The molecule has 0 aromatic heterocycles. The summed E-state index contributed by atoms with van der Waals surface area (Å²) < 4.78 is 12.4. The van der Waals surface area contributed by atoms with Crippen molar-refractivity contribution in [3.8, 4) is 11.5 Å². The number of carbonyl (C=O) groups is 3. The highest BCUT2D eigenvalue weighted by Gasteiger charge is 2.12. The molecule has 3 aromatic rings. The van der Waals surface area contributed by atoms with Crippen LogP contribution < -0.4 is 20.2 Å². The molecule has 0 bridgehead atoms. The van der Waals surface area contributed by atoms with Gasteiger partial charge in [-0.05, 0) is 67.6 Å². The summed E-state index contributed by atoms with van der Waals surface area (Å²) in [6, 6.07) is 18.4. The molecule has 0 fully saturated rings. The summed E-state index contributed by atoms with van der Waals surface area (Å²) in [5.74, 6) is -0.546. The monoisotopic (exact) mass is 601 g/mol. The van der Waals surface area contributed by atoms with Crippen molar-refractivity contribution in [2.75, 3.05) is 13.2 Å². The Bertz CT molecular complexity index is 1250. The molecule has 0 atom stereocenters. The Labute approximate surface area is 219 Å².